The van der Waals surface area contributed by atoms with Gasteiger partial charge >= 0.3 is 0 Å². The van der Waals surface area contributed by atoms with Crippen molar-refractivity contribution >= 4 is 5.82 Å². The number of ether oxygens (including phenoxy) is 1. The average Bonchev–Trinajstić information content (AvgIpc) is 3.24. The third-order valence-electron chi connectivity index (χ3n) is 4.87. The van der Waals surface area contributed by atoms with E-state index >= 15 is 0 Å². The zero-order valence-electron chi connectivity index (χ0n) is 17.6. The third-order valence-corrected chi connectivity index (χ3v) is 4.87. The number of anilines is 1. The Morgan fingerprint density at radius 2 is 1.91 bits per heavy atom. The van der Waals surface area contributed by atoms with Gasteiger partial charge in [-0.2, -0.15) is 0 Å². The Labute approximate surface area is 184 Å². The van der Waals surface area contributed by atoms with Crippen molar-refractivity contribution in [3.05, 3.63) is 70.9 Å². The number of pyridine rings is 1. The van der Waals surface area contributed by atoms with Gasteiger partial charge in [-0.25, -0.2) is 19.0 Å². The Bertz CT molecular complexity index is 1330. The first-order valence-corrected chi connectivity index (χ1v) is 9.74. The number of nitrogen functional groups attached to an aromatic ring is 1. The molecule has 0 fully saturated rings. The number of aromatic nitrogens is 6. The Hall–Kier alpha value is -4.16. The van der Waals surface area contributed by atoms with Gasteiger partial charge in [-0.05, 0) is 30.7 Å². The molecule has 4 rings (SSSR count). The molecular weight excluding hydrogens is 409 g/mol. The molecule has 3 aromatic heterocycles. The van der Waals surface area contributed by atoms with E-state index in [-0.39, 0.29) is 23.0 Å². The molecule has 0 saturated carbocycles. The van der Waals surface area contributed by atoms with Crippen molar-refractivity contribution in [2.75, 3.05) is 12.8 Å². The van der Waals surface area contributed by atoms with Crippen molar-refractivity contribution in [1.29, 1.82) is 0 Å². The first-order valence-electron chi connectivity index (χ1n) is 9.74. The highest BCUT2D eigenvalue weighted by Crippen LogP contribution is 2.28. The quantitative estimate of drug-likeness (QED) is 0.470. The van der Waals surface area contributed by atoms with E-state index < -0.39 is 5.82 Å². The number of benzene rings is 1. The molecule has 0 saturated heterocycles. The molecule has 9 heteroatoms. The number of nitrogens with two attached hydrogens (primary N) is 1. The van der Waals surface area contributed by atoms with Gasteiger partial charge in [0.25, 0.3) is 0 Å². The van der Waals surface area contributed by atoms with Crippen LogP contribution in [0.25, 0.3) is 22.8 Å². The molecule has 0 spiro atoms. The fourth-order valence-corrected chi connectivity index (χ4v) is 3.28. The predicted molar refractivity (Wildman–Crippen MR) is 118 cm³/mol. The van der Waals surface area contributed by atoms with Crippen LogP contribution in [0.15, 0.2) is 42.6 Å². The second kappa shape index (κ2) is 8.91. The average molecular weight is 429 g/mol. The highest BCUT2D eigenvalue weighted by molar-refractivity contribution is 5.69. The van der Waals surface area contributed by atoms with Gasteiger partial charge in [-0.3, -0.25) is 4.98 Å². The Balaban J connectivity index is 1.69. The number of terminal acetylenes is 1. The van der Waals surface area contributed by atoms with E-state index in [4.69, 9.17) is 16.9 Å². The summed E-state index contributed by atoms with van der Waals surface area (Å²) in [6, 6.07) is 11.0. The molecule has 0 unspecified atom stereocenters. The lowest BCUT2D eigenvalue weighted by Gasteiger charge is -2.09. The van der Waals surface area contributed by atoms with E-state index in [9.17, 15) is 4.39 Å². The summed E-state index contributed by atoms with van der Waals surface area (Å²) in [5.74, 6) is 1.84. The monoisotopic (exact) mass is 429 g/mol. The molecule has 32 heavy (non-hydrogen) atoms. The van der Waals surface area contributed by atoms with Gasteiger partial charge < -0.3 is 10.5 Å². The van der Waals surface area contributed by atoms with Gasteiger partial charge in [0.2, 0.25) is 0 Å². The van der Waals surface area contributed by atoms with Crippen molar-refractivity contribution in [1.82, 2.24) is 29.9 Å². The molecule has 0 amide bonds. The van der Waals surface area contributed by atoms with Crippen LogP contribution in [0.2, 0.25) is 0 Å². The Kier molecular flexibility index (Phi) is 5.87. The Morgan fingerprint density at radius 1 is 1.12 bits per heavy atom. The number of hydrogen-bond donors (Lipinski definition) is 1. The summed E-state index contributed by atoms with van der Waals surface area (Å²) in [5, 5.41) is 8.16. The number of methoxy groups -OCH3 is 1. The van der Waals surface area contributed by atoms with Gasteiger partial charge in [-0.15, -0.1) is 11.5 Å². The first kappa shape index (κ1) is 21.1. The maximum Gasteiger partial charge on any atom is 0.193 e. The molecule has 8 nitrogen and oxygen atoms in total. The summed E-state index contributed by atoms with van der Waals surface area (Å²) in [6.07, 6.45) is 7.14. The maximum absolute atomic E-state index is 14.8. The van der Waals surface area contributed by atoms with E-state index in [1.165, 1.54) is 0 Å². The fourth-order valence-electron chi connectivity index (χ4n) is 3.28. The molecule has 0 aliphatic rings. The van der Waals surface area contributed by atoms with Crippen LogP contribution >= 0.6 is 0 Å². The van der Waals surface area contributed by atoms with Crippen molar-refractivity contribution in [2.45, 2.75) is 20.1 Å². The van der Waals surface area contributed by atoms with E-state index in [1.807, 2.05) is 37.3 Å². The van der Waals surface area contributed by atoms with Crippen LogP contribution < -0.4 is 5.73 Å². The molecule has 2 N–H and O–H groups in total. The number of rotatable bonds is 6. The SMILES string of the molecule is C#Cc1cccc(-c2nc(N)c(F)c(-c3cn(Cc4cccc(COC)n4)nn3)n2)c1C. The molecule has 0 aliphatic carbocycles. The summed E-state index contributed by atoms with van der Waals surface area (Å²) in [7, 11) is 1.61. The zero-order chi connectivity index (χ0) is 22.7. The third kappa shape index (κ3) is 4.17. The summed E-state index contributed by atoms with van der Waals surface area (Å²) in [4.78, 5) is 13.0. The zero-order valence-corrected chi connectivity index (χ0v) is 17.6. The molecule has 0 aliphatic heterocycles. The van der Waals surface area contributed by atoms with E-state index in [1.54, 1.807) is 24.1 Å². The van der Waals surface area contributed by atoms with Crippen LogP contribution in [0.1, 0.15) is 22.5 Å². The molecular formula is C23H20FN7O. The molecule has 1 aromatic carbocycles. The number of nitrogens with zero attached hydrogens (tertiary/aromatic N) is 6. The van der Waals surface area contributed by atoms with Gasteiger partial charge in [-0.1, -0.05) is 29.3 Å². The van der Waals surface area contributed by atoms with Crippen molar-refractivity contribution < 1.29 is 9.13 Å². The lowest BCUT2D eigenvalue weighted by atomic mass is 10.0. The smallest absolute Gasteiger partial charge is 0.193 e. The second-order valence-corrected chi connectivity index (χ2v) is 7.07. The van der Waals surface area contributed by atoms with Gasteiger partial charge in [0.05, 0.1) is 30.7 Å². The minimum absolute atomic E-state index is 0.0367. The molecule has 3 heterocycles. The summed E-state index contributed by atoms with van der Waals surface area (Å²) < 4.78 is 21.5. The number of hydrogen-bond acceptors (Lipinski definition) is 7. The highest BCUT2D eigenvalue weighted by atomic mass is 19.1. The molecule has 0 bridgehead atoms. The second-order valence-electron chi connectivity index (χ2n) is 7.07. The summed E-state index contributed by atoms with van der Waals surface area (Å²) in [5.41, 5.74) is 9.78. The minimum atomic E-state index is -0.758. The molecule has 0 atom stereocenters. The minimum Gasteiger partial charge on any atom is -0.381 e. The number of halogens is 1. The predicted octanol–water partition coefficient (Wildman–Crippen LogP) is 3.00. The van der Waals surface area contributed by atoms with Crippen LogP contribution in [0.5, 0.6) is 0 Å². The standard InChI is InChI=1S/C23H20FN7O/c1-4-15-7-5-10-18(14(15)2)23-27-21(20(24)22(25)28-23)19-12-31(30-29-19)11-16-8-6-9-17(26-16)13-32-3/h1,5-10,12H,11,13H2,2-3H3,(H2,25,27,28). The maximum atomic E-state index is 14.8. The normalized spacial score (nSPS) is 10.8. The lowest BCUT2D eigenvalue weighted by molar-refractivity contribution is 0.181. The van der Waals surface area contributed by atoms with Crippen LogP contribution in [0, 0.1) is 25.1 Å². The molecule has 0 radical (unpaired) electrons. The fraction of sp³-hybridized carbons (Fsp3) is 0.174. The van der Waals surface area contributed by atoms with Crippen LogP contribution in [0.3, 0.4) is 0 Å². The van der Waals surface area contributed by atoms with Gasteiger partial charge in [0.1, 0.15) is 11.4 Å². The van der Waals surface area contributed by atoms with Gasteiger partial charge in [0, 0.05) is 18.2 Å². The van der Waals surface area contributed by atoms with E-state index in [0.717, 1.165) is 17.0 Å². The van der Waals surface area contributed by atoms with Crippen molar-refractivity contribution in [3.8, 4) is 35.1 Å². The van der Waals surface area contributed by atoms with Crippen molar-refractivity contribution in [2.24, 2.45) is 0 Å². The highest BCUT2D eigenvalue weighted by Gasteiger charge is 2.19. The topological polar surface area (TPSA) is 105 Å². The molecule has 4 aromatic rings. The Morgan fingerprint density at radius 3 is 2.69 bits per heavy atom. The van der Waals surface area contributed by atoms with E-state index in [2.05, 4.69) is 31.2 Å². The van der Waals surface area contributed by atoms with Gasteiger partial charge in [0.15, 0.2) is 17.5 Å². The van der Waals surface area contributed by atoms with Crippen LogP contribution in [-0.4, -0.2) is 37.1 Å². The van der Waals surface area contributed by atoms with E-state index in [0.29, 0.717) is 24.3 Å². The lowest BCUT2D eigenvalue weighted by Crippen LogP contribution is -2.05. The summed E-state index contributed by atoms with van der Waals surface area (Å²) >= 11 is 0. The first-order chi connectivity index (χ1) is 15.5. The van der Waals surface area contributed by atoms with Crippen LogP contribution in [-0.2, 0) is 17.9 Å². The molecule has 160 valence electrons. The largest absolute Gasteiger partial charge is 0.381 e. The van der Waals surface area contributed by atoms with Crippen molar-refractivity contribution in [3.63, 3.8) is 0 Å². The van der Waals surface area contributed by atoms with Crippen LogP contribution in [0.4, 0.5) is 10.2 Å². The summed E-state index contributed by atoms with van der Waals surface area (Å²) in [6.45, 7) is 2.61.